The summed E-state index contributed by atoms with van der Waals surface area (Å²) in [6.45, 7) is 1.76. The van der Waals surface area contributed by atoms with Crippen LogP contribution in [0.15, 0.2) is 52.3 Å². The highest BCUT2D eigenvalue weighted by Crippen LogP contribution is 2.44. The first-order valence-corrected chi connectivity index (χ1v) is 8.19. The van der Waals surface area contributed by atoms with E-state index in [0.717, 1.165) is 12.1 Å². The van der Waals surface area contributed by atoms with Gasteiger partial charge in [0.05, 0.1) is 17.0 Å². The highest BCUT2D eigenvalue weighted by Gasteiger charge is 2.36. The summed E-state index contributed by atoms with van der Waals surface area (Å²) in [5.41, 5.74) is 6.74. The molecule has 1 aliphatic rings. The molecule has 3 aromatic rings. The van der Waals surface area contributed by atoms with Gasteiger partial charge >= 0.3 is 6.18 Å². The number of allylic oxidation sites excluding steroid dienone is 1. The van der Waals surface area contributed by atoms with E-state index in [1.165, 1.54) is 12.1 Å². The zero-order valence-corrected chi connectivity index (χ0v) is 14.5. The Balaban J connectivity index is 1.80. The van der Waals surface area contributed by atoms with Crippen LogP contribution in [0.2, 0.25) is 0 Å². The molecule has 1 atom stereocenters. The van der Waals surface area contributed by atoms with E-state index in [9.17, 15) is 18.4 Å². The van der Waals surface area contributed by atoms with Crippen molar-refractivity contribution in [3.05, 3.63) is 70.4 Å². The number of aromatic amines is 1. The van der Waals surface area contributed by atoms with Gasteiger partial charge in [-0.05, 0) is 31.2 Å². The van der Waals surface area contributed by atoms with Gasteiger partial charge in [-0.25, -0.2) is 0 Å². The van der Waals surface area contributed by atoms with E-state index in [4.69, 9.17) is 14.9 Å². The van der Waals surface area contributed by atoms with Gasteiger partial charge in [-0.2, -0.15) is 18.4 Å². The van der Waals surface area contributed by atoms with Crippen LogP contribution >= 0.6 is 0 Å². The van der Waals surface area contributed by atoms with Crippen molar-refractivity contribution in [2.75, 3.05) is 0 Å². The third-order valence-corrected chi connectivity index (χ3v) is 4.52. The number of hydrogen-bond donors (Lipinski definition) is 2. The summed E-state index contributed by atoms with van der Waals surface area (Å²) in [4.78, 5) is 0. The van der Waals surface area contributed by atoms with Crippen LogP contribution in [0.4, 0.5) is 13.2 Å². The zero-order valence-electron chi connectivity index (χ0n) is 14.5. The molecule has 2 aromatic heterocycles. The van der Waals surface area contributed by atoms with Crippen LogP contribution in [-0.4, -0.2) is 10.2 Å². The van der Waals surface area contributed by atoms with Crippen molar-refractivity contribution in [3.63, 3.8) is 0 Å². The minimum atomic E-state index is -4.46. The average molecular weight is 386 g/mol. The zero-order chi connectivity index (χ0) is 20.1. The van der Waals surface area contributed by atoms with Gasteiger partial charge in [0, 0.05) is 11.3 Å². The number of nitrogens with one attached hydrogen (secondary N) is 1. The molecule has 3 N–H and O–H groups in total. The number of aryl methyl sites for hydroxylation is 1. The lowest BCUT2D eigenvalue weighted by Gasteiger charge is -2.21. The number of nitriles is 1. The van der Waals surface area contributed by atoms with E-state index in [1.54, 1.807) is 19.1 Å². The summed E-state index contributed by atoms with van der Waals surface area (Å²) in [6.07, 6.45) is -4.46. The third kappa shape index (κ3) is 2.79. The summed E-state index contributed by atoms with van der Waals surface area (Å²) >= 11 is 0. The minimum absolute atomic E-state index is 0.0940. The van der Waals surface area contributed by atoms with E-state index >= 15 is 0 Å². The summed E-state index contributed by atoms with van der Waals surface area (Å²) in [5, 5.41) is 16.3. The van der Waals surface area contributed by atoms with Crippen LogP contribution in [0.1, 0.15) is 28.5 Å². The maximum Gasteiger partial charge on any atom is 0.416 e. The molecule has 6 nitrogen and oxygen atoms in total. The molecule has 0 saturated heterocycles. The Morgan fingerprint density at radius 2 is 2.04 bits per heavy atom. The number of alkyl halides is 3. The van der Waals surface area contributed by atoms with Gasteiger partial charge in [0.2, 0.25) is 11.8 Å². The Hall–Kier alpha value is -3.67. The first kappa shape index (κ1) is 17.7. The molecule has 1 aliphatic heterocycles. The van der Waals surface area contributed by atoms with Crippen LogP contribution in [0.25, 0.3) is 11.3 Å². The maximum absolute atomic E-state index is 13.0. The fraction of sp³-hybridized carbons (Fsp3) is 0.158. The van der Waals surface area contributed by atoms with Gasteiger partial charge in [-0.3, -0.25) is 5.10 Å². The number of nitrogens with two attached hydrogens (primary N) is 1. The summed E-state index contributed by atoms with van der Waals surface area (Å²) < 4.78 is 50.2. The molecule has 0 fully saturated rings. The Kier molecular flexibility index (Phi) is 3.92. The highest BCUT2D eigenvalue weighted by molar-refractivity contribution is 5.61. The van der Waals surface area contributed by atoms with Crippen molar-refractivity contribution in [1.82, 2.24) is 10.2 Å². The molecule has 0 unspecified atom stereocenters. The van der Waals surface area contributed by atoms with E-state index in [2.05, 4.69) is 10.2 Å². The van der Waals surface area contributed by atoms with Crippen molar-refractivity contribution in [3.8, 4) is 23.3 Å². The van der Waals surface area contributed by atoms with Gasteiger partial charge in [0.1, 0.15) is 23.2 Å². The molecule has 0 bridgehead atoms. The van der Waals surface area contributed by atoms with Crippen molar-refractivity contribution < 1.29 is 22.3 Å². The van der Waals surface area contributed by atoms with Crippen LogP contribution in [0.3, 0.4) is 0 Å². The Morgan fingerprint density at radius 1 is 1.25 bits per heavy atom. The number of H-pyrrole nitrogens is 1. The lowest BCUT2D eigenvalue weighted by Crippen LogP contribution is -2.20. The van der Waals surface area contributed by atoms with E-state index < -0.39 is 17.7 Å². The van der Waals surface area contributed by atoms with E-state index in [1.807, 2.05) is 6.07 Å². The molecule has 3 heterocycles. The number of halogens is 3. The minimum Gasteiger partial charge on any atom is -0.460 e. The van der Waals surface area contributed by atoms with Crippen LogP contribution in [-0.2, 0) is 6.18 Å². The highest BCUT2D eigenvalue weighted by atomic mass is 19.4. The normalized spacial score (nSPS) is 16.5. The first-order chi connectivity index (χ1) is 13.3. The van der Waals surface area contributed by atoms with Gasteiger partial charge in [-0.15, -0.1) is 5.10 Å². The van der Waals surface area contributed by atoms with Crippen molar-refractivity contribution in [1.29, 1.82) is 5.26 Å². The van der Waals surface area contributed by atoms with E-state index in [-0.39, 0.29) is 28.7 Å². The number of aromatic nitrogens is 2. The standard InChI is InChI=1S/C19H13F3N4O2/c1-9-15-16(12(8-23)17(24)28-18(15)26-25-9)14-6-5-13(27-14)10-3-2-4-11(7-10)19(20,21)22/h2-7,16H,24H2,1H3,(H,25,26)/t16-/m1/s1. The second-order valence-corrected chi connectivity index (χ2v) is 6.27. The average Bonchev–Trinajstić information content (AvgIpc) is 3.27. The number of benzene rings is 1. The van der Waals surface area contributed by atoms with Crippen molar-refractivity contribution in [2.24, 2.45) is 5.73 Å². The number of nitrogens with zero attached hydrogens (tertiary/aromatic N) is 2. The number of ether oxygens (including phenoxy) is 1. The predicted molar refractivity (Wildman–Crippen MR) is 91.8 cm³/mol. The fourth-order valence-electron chi connectivity index (χ4n) is 3.20. The summed E-state index contributed by atoms with van der Waals surface area (Å²) in [5.74, 6) is 0.0544. The smallest absolute Gasteiger partial charge is 0.416 e. The molecule has 0 aliphatic carbocycles. The number of furan rings is 1. The third-order valence-electron chi connectivity index (χ3n) is 4.52. The Labute approximate surface area is 157 Å². The van der Waals surface area contributed by atoms with Gasteiger partial charge in [-0.1, -0.05) is 12.1 Å². The largest absolute Gasteiger partial charge is 0.460 e. The Bertz CT molecular complexity index is 1130. The predicted octanol–water partition coefficient (Wildman–Crippen LogP) is 4.22. The second-order valence-electron chi connectivity index (χ2n) is 6.27. The molecule has 0 saturated carbocycles. The maximum atomic E-state index is 13.0. The second kappa shape index (κ2) is 6.20. The lowest BCUT2D eigenvalue weighted by atomic mass is 9.88. The summed E-state index contributed by atoms with van der Waals surface area (Å²) in [6, 6.07) is 10.0. The monoisotopic (exact) mass is 386 g/mol. The number of hydrogen-bond acceptors (Lipinski definition) is 5. The molecule has 1 aromatic carbocycles. The number of rotatable bonds is 2. The van der Waals surface area contributed by atoms with Crippen molar-refractivity contribution >= 4 is 0 Å². The molecule has 0 amide bonds. The molecule has 0 radical (unpaired) electrons. The Morgan fingerprint density at radius 3 is 2.75 bits per heavy atom. The van der Waals surface area contributed by atoms with Crippen molar-refractivity contribution in [2.45, 2.75) is 19.0 Å². The summed E-state index contributed by atoms with van der Waals surface area (Å²) in [7, 11) is 0. The lowest BCUT2D eigenvalue weighted by molar-refractivity contribution is -0.137. The SMILES string of the molecule is Cc1[nH]nc2c1[C@@H](c1ccc(-c3cccc(C(F)(F)F)c3)o1)C(C#N)=C(N)O2. The van der Waals surface area contributed by atoms with Gasteiger partial charge in [0.25, 0.3) is 0 Å². The molecule has 28 heavy (non-hydrogen) atoms. The van der Waals surface area contributed by atoms with E-state index in [0.29, 0.717) is 17.0 Å². The van der Waals surface area contributed by atoms with Gasteiger partial charge < -0.3 is 14.9 Å². The quantitative estimate of drug-likeness (QED) is 0.687. The van der Waals surface area contributed by atoms with Gasteiger partial charge in [0.15, 0.2) is 0 Å². The van der Waals surface area contributed by atoms with Crippen LogP contribution < -0.4 is 10.5 Å². The topological polar surface area (TPSA) is 101 Å². The molecular formula is C19H13F3N4O2. The van der Waals surface area contributed by atoms with Crippen LogP contribution in [0.5, 0.6) is 5.88 Å². The van der Waals surface area contributed by atoms with Crippen LogP contribution in [0, 0.1) is 18.3 Å². The fourth-order valence-corrected chi connectivity index (χ4v) is 3.20. The first-order valence-electron chi connectivity index (χ1n) is 8.19. The molecule has 142 valence electrons. The molecule has 4 rings (SSSR count). The molecular weight excluding hydrogens is 373 g/mol. The molecule has 9 heteroatoms. The number of fused-ring (bicyclic) bond motifs is 1. The molecule has 0 spiro atoms.